The van der Waals surface area contributed by atoms with Crippen molar-refractivity contribution in [2.75, 3.05) is 5.73 Å². The van der Waals surface area contributed by atoms with Gasteiger partial charge in [0.15, 0.2) is 0 Å². The van der Waals surface area contributed by atoms with Crippen LogP contribution in [0.5, 0.6) is 0 Å². The number of nitrogens with one attached hydrogen (secondary N) is 1. The monoisotopic (exact) mass is 318 g/mol. The molecule has 19 heavy (non-hydrogen) atoms. The van der Waals surface area contributed by atoms with E-state index in [9.17, 15) is 4.79 Å². The molecule has 0 aliphatic carbocycles. The molecule has 1 unspecified atom stereocenters. The van der Waals surface area contributed by atoms with Gasteiger partial charge in [-0.1, -0.05) is 46.3 Å². The van der Waals surface area contributed by atoms with E-state index in [0.717, 1.165) is 10.0 Å². The van der Waals surface area contributed by atoms with E-state index < -0.39 is 0 Å². The Balaban J connectivity index is 2.16. The number of carbonyl (C=O) groups excluding carboxylic acids is 1. The summed E-state index contributed by atoms with van der Waals surface area (Å²) in [5.41, 5.74) is 7.82. The second-order valence-corrected chi connectivity index (χ2v) is 5.16. The Morgan fingerprint density at radius 3 is 2.47 bits per heavy atom. The van der Waals surface area contributed by atoms with Crippen molar-refractivity contribution < 1.29 is 4.79 Å². The van der Waals surface area contributed by atoms with E-state index in [1.54, 1.807) is 18.2 Å². The maximum Gasteiger partial charge on any atom is 0.253 e. The highest BCUT2D eigenvalue weighted by Gasteiger charge is 2.14. The van der Waals surface area contributed by atoms with Crippen LogP contribution < -0.4 is 11.1 Å². The molecule has 1 amide bonds. The SMILES string of the molecule is CC(NC(=O)c1ccccc1N)c1ccccc1Br. The molecule has 98 valence electrons. The van der Waals surface area contributed by atoms with E-state index in [1.165, 1.54) is 0 Å². The molecule has 2 rings (SSSR count). The fourth-order valence-corrected chi connectivity index (χ4v) is 2.51. The number of anilines is 1. The molecule has 0 saturated heterocycles. The topological polar surface area (TPSA) is 55.1 Å². The Bertz CT molecular complexity index is 598. The van der Waals surface area contributed by atoms with Gasteiger partial charge in [0.05, 0.1) is 11.6 Å². The van der Waals surface area contributed by atoms with Gasteiger partial charge in [0.2, 0.25) is 0 Å². The zero-order chi connectivity index (χ0) is 13.8. The summed E-state index contributed by atoms with van der Waals surface area (Å²) in [7, 11) is 0. The number of halogens is 1. The van der Waals surface area contributed by atoms with Gasteiger partial charge in [0, 0.05) is 10.2 Å². The van der Waals surface area contributed by atoms with Crippen LogP contribution in [0.15, 0.2) is 53.0 Å². The van der Waals surface area contributed by atoms with Crippen LogP contribution in [0.25, 0.3) is 0 Å². The van der Waals surface area contributed by atoms with Crippen molar-refractivity contribution in [3.05, 3.63) is 64.1 Å². The highest BCUT2D eigenvalue weighted by atomic mass is 79.9. The largest absolute Gasteiger partial charge is 0.398 e. The molecule has 2 aromatic rings. The van der Waals surface area contributed by atoms with Gasteiger partial charge in [-0.3, -0.25) is 4.79 Å². The van der Waals surface area contributed by atoms with Gasteiger partial charge in [-0.15, -0.1) is 0 Å². The molecule has 0 aliphatic rings. The number of hydrogen-bond acceptors (Lipinski definition) is 2. The normalized spacial score (nSPS) is 11.9. The van der Waals surface area contributed by atoms with Crippen molar-refractivity contribution in [3.63, 3.8) is 0 Å². The number of para-hydroxylation sites is 1. The highest BCUT2D eigenvalue weighted by Crippen LogP contribution is 2.23. The first-order valence-electron chi connectivity index (χ1n) is 5.99. The van der Waals surface area contributed by atoms with E-state index in [4.69, 9.17) is 5.73 Å². The van der Waals surface area contributed by atoms with Gasteiger partial charge in [0.25, 0.3) is 5.91 Å². The van der Waals surface area contributed by atoms with Gasteiger partial charge in [-0.25, -0.2) is 0 Å². The molecule has 2 aromatic carbocycles. The van der Waals surface area contributed by atoms with Gasteiger partial charge in [0.1, 0.15) is 0 Å². The molecule has 0 saturated carbocycles. The molecular weight excluding hydrogens is 304 g/mol. The number of nitrogen functional groups attached to an aromatic ring is 1. The maximum atomic E-state index is 12.2. The van der Waals surface area contributed by atoms with Crippen LogP contribution in [-0.4, -0.2) is 5.91 Å². The smallest absolute Gasteiger partial charge is 0.253 e. The lowest BCUT2D eigenvalue weighted by Gasteiger charge is -2.16. The van der Waals surface area contributed by atoms with E-state index in [2.05, 4.69) is 21.2 Å². The summed E-state index contributed by atoms with van der Waals surface area (Å²) in [5.74, 6) is -0.165. The van der Waals surface area contributed by atoms with Gasteiger partial charge < -0.3 is 11.1 Å². The first kappa shape index (κ1) is 13.6. The summed E-state index contributed by atoms with van der Waals surface area (Å²) >= 11 is 3.48. The zero-order valence-corrected chi connectivity index (χ0v) is 12.1. The Morgan fingerprint density at radius 2 is 1.79 bits per heavy atom. The van der Waals surface area contributed by atoms with Crippen LogP contribution in [0, 0.1) is 0 Å². The number of carbonyl (C=O) groups is 1. The lowest BCUT2D eigenvalue weighted by molar-refractivity contribution is 0.0940. The van der Waals surface area contributed by atoms with Crippen molar-refractivity contribution in [2.45, 2.75) is 13.0 Å². The third-order valence-electron chi connectivity index (χ3n) is 2.92. The molecule has 0 aliphatic heterocycles. The minimum Gasteiger partial charge on any atom is -0.398 e. The molecule has 0 bridgehead atoms. The highest BCUT2D eigenvalue weighted by molar-refractivity contribution is 9.10. The Hall–Kier alpha value is -1.81. The molecule has 3 N–H and O–H groups in total. The van der Waals surface area contributed by atoms with Crippen molar-refractivity contribution >= 4 is 27.5 Å². The van der Waals surface area contributed by atoms with E-state index >= 15 is 0 Å². The number of hydrogen-bond donors (Lipinski definition) is 2. The number of rotatable bonds is 3. The third kappa shape index (κ3) is 3.15. The first-order valence-corrected chi connectivity index (χ1v) is 6.78. The lowest BCUT2D eigenvalue weighted by Crippen LogP contribution is -2.27. The zero-order valence-electron chi connectivity index (χ0n) is 10.6. The minimum absolute atomic E-state index is 0.0947. The number of amides is 1. The molecule has 0 heterocycles. The fraction of sp³-hybridized carbons (Fsp3) is 0.133. The average Bonchev–Trinajstić information content (AvgIpc) is 2.39. The molecule has 0 radical (unpaired) electrons. The summed E-state index contributed by atoms with van der Waals surface area (Å²) in [6.45, 7) is 1.94. The second-order valence-electron chi connectivity index (χ2n) is 4.30. The van der Waals surface area contributed by atoms with E-state index in [-0.39, 0.29) is 11.9 Å². The van der Waals surface area contributed by atoms with Crippen molar-refractivity contribution in [1.29, 1.82) is 0 Å². The third-order valence-corrected chi connectivity index (χ3v) is 3.65. The van der Waals surface area contributed by atoms with Crippen molar-refractivity contribution in [3.8, 4) is 0 Å². The molecule has 3 nitrogen and oxygen atoms in total. The molecule has 4 heteroatoms. The fourth-order valence-electron chi connectivity index (χ4n) is 1.88. The molecule has 0 aromatic heterocycles. The standard InChI is InChI=1S/C15H15BrN2O/c1-10(11-6-2-4-8-13(11)16)18-15(19)12-7-3-5-9-14(12)17/h2-10H,17H2,1H3,(H,18,19). The van der Waals surface area contributed by atoms with E-state index in [0.29, 0.717) is 11.3 Å². The summed E-state index contributed by atoms with van der Waals surface area (Å²) in [4.78, 5) is 12.2. The van der Waals surface area contributed by atoms with Gasteiger partial charge >= 0.3 is 0 Å². The molecular formula is C15H15BrN2O. The Morgan fingerprint density at radius 1 is 1.16 bits per heavy atom. The molecule has 0 spiro atoms. The van der Waals surface area contributed by atoms with Crippen LogP contribution in [-0.2, 0) is 0 Å². The van der Waals surface area contributed by atoms with E-state index in [1.807, 2.05) is 37.3 Å². The lowest BCUT2D eigenvalue weighted by atomic mass is 10.1. The molecule has 1 atom stereocenters. The first-order chi connectivity index (χ1) is 9.09. The van der Waals surface area contributed by atoms with Gasteiger partial charge in [-0.05, 0) is 30.7 Å². The maximum absolute atomic E-state index is 12.2. The second kappa shape index (κ2) is 5.89. The quantitative estimate of drug-likeness (QED) is 0.851. The van der Waals surface area contributed by atoms with Crippen molar-refractivity contribution in [2.24, 2.45) is 0 Å². The van der Waals surface area contributed by atoms with Crippen LogP contribution in [0.3, 0.4) is 0 Å². The Labute approximate surface area is 121 Å². The summed E-state index contributed by atoms with van der Waals surface area (Å²) in [6, 6.07) is 14.8. The number of benzene rings is 2. The minimum atomic E-state index is -0.165. The van der Waals surface area contributed by atoms with Crippen LogP contribution >= 0.6 is 15.9 Å². The summed E-state index contributed by atoms with van der Waals surface area (Å²) in [6.07, 6.45) is 0. The Kier molecular flexibility index (Phi) is 4.22. The van der Waals surface area contributed by atoms with Crippen molar-refractivity contribution in [1.82, 2.24) is 5.32 Å². The average molecular weight is 319 g/mol. The number of nitrogens with two attached hydrogens (primary N) is 1. The van der Waals surface area contributed by atoms with Crippen LogP contribution in [0.2, 0.25) is 0 Å². The van der Waals surface area contributed by atoms with Crippen LogP contribution in [0.4, 0.5) is 5.69 Å². The van der Waals surface area contributed by atoms with Crippen LogP contribution in [0.1, 0.15) is 28.9 Å². The summed E-state index contributed by atoms with van der Waals surface area (Å²) in [5, 5.41) is 2.95. The summed E-state index contributed by atoms with van der Waals surface area (Å²) < 4.78 is 0.976. The predicted molar refractivity (Wildman–Crippen MR) is 80.9 cm³/mol. The van der Waals surface area contributed by atoms with Gasteiger partial charge in [-0.2, -0.15) is 0 Å². The predicted octanol–water partition coefficient (Wildman–Crippen LogP) is 3.52. The molecule has 0 fully saturated rings.